The Morgan fingerprint density at radius 2 is 2.05 bits per heavy atom. The molecular formula is C17H23N3O2. The van der Waals surface area contributed by atoms with E-state index in [0.29, 0.717) is 12.3 Å². The van der Waals surface area contributed by atoms with Crippen LogP contribution in [0.1, 0.15) is 37.3 Å². The maximum atomic E-state index is 12.0. The third-order valence-electron chi connectivity index (χ3n) is 3.55. The lowest BCUT2D eigenvalue weighted by molar-refractivity contribution is 0.234. The molecule has 0 saturated carbocycles. The molecule has 2 aromatic rings. The van der Waals surface area contributed by atoms with Gasteiger partial charge in [-0.05, 0) is 24.8 Å². The van der Waals surface area contributed by atoms with Crippen molar-refractivity contribution in [2.75, 3.05) is 0 Å². The number of rotatable bonds is 7. The Hall–Kier alpha value is -2.30. The minimum atomic E-state index is -0.183. The molecule has 2 rings (SSSR count). The van der Waals surface area contributed by atoms with Gasteiger partial charge in [0.1, 0.15) is 0 Å². The Morgan fingerprint density at radius 3 is 2.68 bits per heavy atom. The molecule has 0 spiro atoms. The van der Waals surface area contributed by atoms with Crippen LogP contribution in [0.15, 0.2) is 40.9 Å². The van der Waals surface area contributed by atoms with E-state index in [0.717, 1.165) is 25.0 Å². The Kier molecular flexibility index (Phi) is 6.01. The van der Waals surface area contributed by atoms with Crippen LogP contribution in [0.3, 0.4) is 0 Å². The van der Waals surface area contributed by atoms with Crippen LogP contribution in [0.5, 0.6) is 0 Å². The number of benzene rings is 1. The first-order valence-electron chi connectivity index (χ1n) is 7.74. The van der Waals surface area contributed by atoms with Gasteiger partial charge in [-0.3, -0.25) is 0 Å². The topological polar surface area (TPSA) is 67.2 Å². The quantitative estimate of drug-likeness (QED) is 0.826. The predicted molar refractivity (Wildman–Crippen MR) is 85.5 cm³/mol. The van der Waals surface area contributed by atoms with E-state index >= 15 is 0 Å². The highest BCUT2D eigenvalue weighted by atomic mass is 16.5. The molecule has 0 unspecified atom stereocenters. The molecule has 0 radical (unpaired) electrons. The van der Waals surface area contributed by atoms with E-state index in [2.05, 4.69) is 34.8 Å². The fourth-order valence-electron chi connectivity index (χ4n) is 2.21. The highest BCUT2D eigenvalue weighted by molar-refractivity contribution is 5.74. The molecule has 1 aromatic heterocycles. The second kappa shape index (κ2) is 8.22. The van der Waals surface area contributed by atoms with Gasteiger partial charge in [0.2, 0.25) is 0 Å². The van der Waals surface area contributed by atoms with Crippen LogP contribution in [0.4, 0.5) is 4.79 Å². The van der Waals surface area contributed by atoms with Crippen LogP contribution in [0, 0.1) is 0 Å². The first-order chi connectivity index (χ1) is 10.7. The van der Waals surface area contributed by atoms with E-state index < -0.39 is 0 Å². The first-order valence-corrected chi connectivity index (χ1v) is 7.74. The summed E-state index contributed by atoms with van der Waals surface area (Å²) in [5.74, 6) is 0.670. The van der Waals surface area contributed by atoms with Crippen molar-refractivity contribution >= 4 is 6.03 Å². The molecule has 0 fully saturated rings. The summed E-state index contributed by atoms with van der Waals surface area (Å²) >= 11 is 0. The second-order valence-corrected chi connectivity index (χ2v) is 5.26. The van der Waals surface area contributed by atoms with E-state index in [9.17, 15) is 4.79 Å². The summed E-state index contributed by atoms with van der Waals surface area (Å²) < 4.78 is 5.14. The van der Waals surface area contributed by atoms with Gasteiger partial charge >= 0.3 is 6.03 Å². The molecule has 0 aliphatic carbocycles. The molecule has 1 heterocycles. The molecule has 0 bridgehead atoms. The third kappa shape index (κ3) is 4.91. The summed E-state index contributed by atoms with van der Waals surface area (Å²) in [7, 11) is 0. The third-order valence-corrected chi connectivity index (χ3v) is 3.55. The predicted octanol–water partition coefficient (Wildman–Crippen LogP) is 3.06. The number of nitrogens with zero attached hydrogens (tertiary/aromatic N) is 1. The van der Waals surface area contributed by atoms with E-state index in [4.69, 9.17) is 4.52 Å². The van der Waals surface area contributed by atoms with Gasteiger partial charge in [-0.15, -0.1) is 0 Å². The van der Waals surface area contributed by atoms with Gasteiger partial charge in [0, 0.05) is 12.1 Å². The van der Waals surface area contributed by atoms with Gasteiger partial charge in [0.15, 0.2) is 5.76 Å². The number of urea groups is 1. The van der Waals surface area contributed by atoms with Crippen molar-refractivity contribution in [1.29, 1.82) is 0 Å². The van der Waals surface area contributed by atoms with Gasteiger partial charge in [0.25, 0.3) is 0 Å². The van der Waals surface area contributed by atoms with Crippen molar-refractivity contribution in [1.82, 2.24) is 15.8 Å². The van der Waals surface area contributed by atoms with E-state index in [1.165, 1.54) is 5.56 Å². The summed E-state index contributed by atoms with van der Waals surface area (Å²) in [6.45, 7) is 4.43. The van der Waals surface area contributed by atoms with Gasteiger partial charge < -0.3 is 15.2 Å². The number of carbonyl (C=O) groups is 1. The zero-order valence-corrected chi connectivity index (χ0v) is 13.1. The van der Waals surface area contributed by atoms with E-state index in [1.807, 2.05) is 31.2 Å². The summed E-state index contributed by atoms with van der Waals surface area (Å²) in [5.41, 5.74) is 2.12. The van der Waals surface area contributed by atoms with Gasteiger partial charge in [0.05, 0.1) is 12.2 Å². The Morgan fingerprint density at radius 1 is 1.27 bits per heavy atom. The molecular weight excluding hydrogens is 278 g/mol. The minimum Gasteiger partial charge on any atom is -0.359 e. The Bertz CT molecular complexity index is 581. The van der Waals surface area contributed by atoms with E-state index in [-0.39, 0.29) is 12.1 Å². The number of aryl methyl sites for hydroxylation is 1. The average Bonchev–Trinajstić information content (AvgIpc) is 3.01. The Balaban J connectivity index is 1.79. The van der Waals surface area contributed by atoms with Crippen LogP contribution < -0.4 is 10.6 Å². The van der Waals surface area contributed by atoms with E-state index in [1.54, 1.807) is 0 Å². The lowest BCUT2D eigenvalue weighted by Gasteiger charge is -2.17. The lowest BCUT2D eigenvalue weighted by atomic mass is 10.0. The number of nitrogens with one attached hydrogen (secondary N) is 2. The largest absolute Gasteiger partial charge is 0.359 e. The summed E-state index contributed by atoms with van der Waals surface area (Å²) in [6.07, 6.45) is 2.53. The van der Waals surface area contributed by atoms with Crippen LogP contribution in [0.25, 0.3) is 0 Å². The van der Waals surface area contributed by atoms with Crippen LogP contribution in [0.2, 0.25) is 0 Å². The molecule has 22 heavy (non-hydrogen) atoms. The van der Waals surface area contributed by atoms with Crippen molar-refractivity contribution in [3.05, 3.63) is 53.4 Å². The highest BCUT2D eigenvalue weighted by Gasteiger charge is 2.11. The molecule has 1 atom stereocenters. The average molecular weight is 301 g/mol. The number of aromatic nitrogens is 1. The molecule has 2 N–H and O–H groups in total. The highest BCUT2D eigenvalue weighted by Crippen LogP contribution is 2.06. The molecule has 0 aliphatic heterocycles. The number of hydrogen-bond acceptors (Lipinski definition) is 3. The first kappa shape index (κ1) is 16.1. The monoisotopic (exact) mass is 301 g/mol. The molecule has 2 amide bonds. The maximum Gasteiger partial charge on any atom is 0.315 e. The van der Waals surface area contributed by atoms with Crippen molar-refractivity contribution in [3.8, 4) is 0 Å². The maximum absolute atomic E-state index is 12.0. The number of hydrogen-bond donors (Lipinski definition) is 2. The molecule has 5 heteroatoms. The number of amides is 2. The normalized spacial score (nSPS) is 11.9. The number of carbonyl (C=O) groups excluding carboxylic acids is 1. The van der Waals surface area contributed by atoms with Gasteiger partial charge in [-0.2, -0.15) is 0 Å². The second-order valence-electron chi connectivity index (χ2n) is 5.26. The van der Waals surface area contributed by atoms with Crippen molar-refractivity contribution < 1.29 is 9.32 Å². The molecule has 0 aliphatic rings. The summed E-state index contributed by atoms with van der Waals surface area (Å²) in [6, 6.07) is 12.0. The fraction of sp³-hybridized carbons (Fsp3) is 0.412. The summed E-state index contributed by atoms with van der Waals surface area (Å²) in [4.78, 5) is 12.0. The molecule has 5 nitrogen and oxygen atoms in total. The van der Waals surface area contributed by atoms with Gasteiger partial charge in [-0.25, -0.2) is 4.79 Å². The summed E-state index contributed by atoms with van der Waals surface area (Å²) in [5, 5.41) is 9.70. The minimum absolute atomic E-state index is 0.114. The Labute approximate surface area is 131 Å². The van der Waals surface area contributed by atoms with Crippen LogP contribution in [-0.4, -0.2) is 17.2 Å². The van der Waals surface area contributed by atoms with Crippen LogP contribution in [-0.2, 0) is 19.4 Å². The fourth-order valence-corrected chi connectivity index (χ4v) is 2.21. The van der Waals surface area contributed by atoms with Crippen molar-refractivity contribution in [3.63, 3.8) is 0 Å². The van der Waals surface area contributed by atoms with Crippen LogP contribution >= 0.6 is 0 Å². The van der Waals surface area contributed by atoms with Crippen molar-refractivity contribution in [2.24, 2.45) is 0 Å². The standard InChI is InChI=1S/C17H23N3O2/c1-3-14(10-13-8-6-5-7-9-13)19-17(21)18-12-16-11-15(4-2)20-22-16/h5-9,11,14H,3-4,10,12H2,1-2H3,(H2,18,19,21)/t14-/m0/s1. The zero-order valence-electron chi connectivity index (χ0n) is 13.1. The lowest BCUT2D eigenvalue weighted by Crippen LogP contribution is -2.42. The smallest absolute Gasteiger partial charge is 0.315 e. The molecule has 1 aromatic carbocycles. The van der Waals surface area contributed by atoms with Gasteiger partial charge in [-0.1, -0.05) is 49.3 Å². The SMILES string of the molecule is CCc1cc(CNC(=O)N[C@@H](CC)Cc2ccccc2)on1. The molecule has 118 valence electrons. The molecule has 0 saturated heterocycles. The zero-order chi connectivity index (χ0) is 15.8. The van der Waals surface area contributed by atoms with Crippen molar-refractivity contribution in [2.45, 2.75) is 45.7 Å².